The maximum absolute atomic E-state index is 13.6. The van der Waals surface area contributed by atoms with Gasteiger partial charge in [-0.3, -0.25) is 0 Å². The molecule has 4 nitrogen and oxygen atoms in total. The van der Waals surface area contributed by atoms with E-state index in [2.05, 4.69) is 21.3 Å². The molecule has 1 saturated heterocycles. The van der Waals surface area contributed by atoms with Gasteiger partial charge in [0.05, 0.1) is 5.56 Å². The summed E-state index contributed by atoms with van der Waals surface area (Å²) in [5, 5.41) is 12.1. The van der Waals surface area contributed by atoms with E-state index in [1.54, 1.807) is 18.3 Å². The molecule has 0 spiro atoms. The molecule has 1 aromatic heterocycles. The summed E-state index contributed by atoms with van der Waals surface area (Å²) in [6.45, 7) is 1.99. The van der Waals surface area contributed by atoms with Crippen molar-refractivity contribution < 1.29 is 8.78 Å². The highest BCUT2D eigenvalue weighted by atomic mass is 19.2. The summed E-state index contributed by atoms with van der Waals surface area (Å²) in [7, 11) is 0. The molecule has 3 rings (SSSR count). The van der Waals surface area contributed by atoms with Crippen LogP contribution in [0.2, 0.25) is 0 Å². The summed E-state index contributed by atoms with van der Waals surface area (Å²) in [6, 6.07) is 10.2. The monoisotopic (exact) mass is 328 g/mol. The molecular weight excluding hydrogens is 310 g/mol. The standard InChI is InChI=1S/C18H18F2N4/c19-16-3-1-2-14(18(16)20)12-22-15-6-8-24(9-7-15)17-5-4-13(10-21)11-23-17/h1-5,11,15,22H,6-9,12H2. The van der Waals surface area contributed by atoms with Gasteiger partial charge in [-0.15, -0.1) is 0 Å². The van der Waals surface area contributed by atoms with Crippen LogP contribution in [0, 0.1) is 23.0 Å². The van der Waals surface area contributed by atoms with Crippen LogP contribution in [0.3, 0.4) is 0 Å². The first-order chi connectivity index (χ1) is 11.7. The number of halogens is 2. The van der Waals surface area contributed by atoms with E-state index < -0.39 is 11.6 Å². The Morgan fingerprint density at radius 2 is 2.00 bits per heavy atom. The summed E-state index contributed by atoms with van der Waals surface area (Å²) in [5.74, 6) is -0.719. The van der Waals surface area contributed by atoms with Crippen LogP contribution < -0.4 is 10.2 Å². The fraction of sp³-hybridized carbons (Fsp3) is 0.333. The maximum atomic E-state index is 13.6. The lowest BCUT2D eigenvalue weighted by Crippen LogP contribution is -2.42. The summed E-state index contributed by atoms with van der Waals surface area (Å²) in [5.41, 5.74) is 0.901. The Morgan fingerprint density at radius 3 is 2.67 bits per heavy atom. The van der Waals surface area contributed by atoms with Crippen LogP contribution in [0.1, 0.15) is 24.0 Å². The molecule has 2 heterocycles. The molecule has 6 heteroatoms. The lowest BCUT2D eigenvalue weighted by Gasteiger charge is -2.33. The van der Waals surface area contributed by atoms with E-state index >= 15 is 0 Å². The van der Waals surface area contributed by atoms with E-state index in [1.165, 1.54) is 6.07 Å². The van der Waals surface area contributed by atoms with Gasteiger partial charge in [-0.1, -0.05) is 12.1 Å². The molecule has 0 saturated carbocycles. The van der Waals surface area contributed by atoms with Crippen molar-refractivity contribution in [2.45, 2.75) is 25.4 Å². The minimum absolute atomic E-state index is 0.266. The van der Waals surface area contributed by atoms with E-state index in [1.807, 2.05) is 6.07 Å². The molecule has 0 atom stereocenters. The van der Waals surface area contributed by atoms with Crippen molar-refractivity contribution in [3.63, 3.8) is 0 Å². The molecule has 124 valence electrons. The second-order valence-electron chi connectivity index (χ2n) is 5.87. The van der Waals surface area contributed by atoms with Crippen molar-refractivity contribution in [3.8, 4) is 6.07 Å². The van der Waals surface area contributed by atoms with Gasteiger partial charge >= 0.3 is 0 Å². The van der Waals surface area contributed by atoms with Gasteiger partial charge in [-0.25, -0.2) is 13.8 Å². The molecule has 1 N–H and O–H groups in total. The van der Waals surface area contributed by atoms with Crippen LogP contribution in [0.15, 0.2) is 36.5 Å². The maximum Gasteiger partial charge on any atom is 0.163 e. The van der Waals surface area contributed by atoms with E-state index in [0.717, 1.165) is 37.8 Å². The van der Waals surface area contributed by atoms with Crippen LogP contribution in [0.25, 0.3) is 0 Å². The molecule has 0 radical (unpaired) electrons. The zero-order valence-corrected chi connectivity index (χ0v) is 13.2. The fourth-order valence-electron chi connectivity index (χ4n) is 2.89. The van der Waals surface area contributed by atoms with Crippen LogP contribution in [0.5, 0.6) is 0 Å². The number of nitriles is 1. The number of piperidine rings is 1. The molecule has 0 bridgehead atoms. The number of aromatic nitrogens is 1. The highest BCUT2D eigenvalue weighted by molar-refractivity contribution is 5.42. The van der Waals surface area contributed by atoms with Crippen molar-refractivity contribution in [1.82, 2.24) is 10.3 Å². The number of anilines is 1. The summed E-state index contributed by atoms with van der Waals surface area (Å²) in [4.78, 5) is 6.47. The number of pyridine rings is 1. The third kappa shape index (κ3) is 3.69. The predicted molar refractivity (Wildman–Crippen MR) is 87.4 cm³/mol. The largest absolute Gasteiger partial charge is 0.357 e. The Hall–Kier alpha value is -2.52. The highest BCUT2D eigenvalue weighted by Crippen LogP contribution is 2.19. The lowest BCUT2D eigenvalue weighted by molar-refractivity contribution is 0.406. The average Bonchev–Trinajstić information content (AvgIpc) is 2.63. The topological polar surface area (TPSA) is 52.0 Å². The number of hydrogen-bond donors (Lipinski definition) is 1. The van der Waals surface area contributed by atoms with Gasteiger partial charge in [0.2, 0.25) is 0 Å². The molecule has 24 heavy (non-hydrogen) atoms. The van der Waals surface area contributed by atoms with Gasteiger partial charge in [-0.05, 0) is 31.0 Å². The van der Waals surface area contributed by atoms with Gasteiger partial charge in [0.1, 0.15) is 11.9 Å². The Balaban J connectivity index is 1.51. The van der Waals surface area contributed by atoms with E-state index in [-0.39, 0.29) is 6.04 Å². The Bertz CT molecular complexity index is 732. The quantitative estimate of drug-likeness (QED) is 0.937. The first-order valence-electron chi connectivity index (χ1n) is 7.95. The molecule has 2 aromatic rings. The van der Waals surface area contributed by atoms with E-state index in [0.29, 0.717) is 17.7 Å². The van der Waals surface area contributed by atoms with Crippen molar-refractivity contribution >= 4 is 5.82 Å². The first kappa shape index (κ1) is 16.3. The van der Waals surface area contributed by atoms with Gasteiger partial charge in [0.25, 0.3) is 0 Å². The number of nitrogens with zero attached hydrogens (tertiary/aromatic N) is 3. The van der Waals surface area contributed by atoms with Gasteiger partial charge in [0.15, 0.2) is 11.6 Å². The van der Waals surface area contributed by atoms with Gasteiger partial charge in [0, 0.05) is 37.4 Å². The highest BCUT2D eigenvalue weighted by Gasteiger charge is 2.20. The first-order valence-corrected chi connectivity index (χ1v) is 7.95. The molecule has 0 amide bonds. The van der Waals surface area contributed by atoms with Crippen molar-refractivity contribution in [2.75, 3.05) is 18.0 Å². The van der Waals surface area contributed by atoms with Crippen LogP contribution in [-0.2, 0) is 6.54 Å². The molecule has 1 fully saturated rings. The lowest BCUT2D eigenvalue weighted by atomic mass is 10.0. The number of rotatable bonds is 4. The second-order valence-corrected chi connectivity index (χ2v) is 5.87. The third-order valence-corrected chi connectivity index (χ3v) is 4.31. The Labute approximate surface area is 139 Å². The van der Waals surface area contributed by atoms with E-state index in [4.69, 9.17) is 5.26 Å². The second kappa shape index (κ2) is 7.37. The Morgan fingerprint density at radius 1 is 1.21 bits per heavy atom. The smallest absolute Gasteiger partial charge is 0.163 e. The molecule has 1 aliphatic rings. The summed E-state index contributed by atoms with van der Waals surface area (Å²) in [6.07, 6.45) is 3.38. The SMILES string of the molecule is N#Cc1ccc(N2CCC(NCc3cccc(F)c3F)CC2)nc1. The van der Waals surface area contributed by atoms with E-state index in [9.17, 15) is 8.78 Å². The zero-order chi connectivity index (χ0) is 16.9. The van der Waals surface area contributed by atoms with Crippen LogP contribution in [-0.4, -0.2) is 24.1 Å². The fourth-order valence-corrected chi connectivity index (χ4v) is 2.89. The predicted octanol–water partition coefficient (Wildman–Crippen LogP) is 2.99. The average molecular weight is 328 g/mol. The van der Waals surface area contributed by atoms with Gasteiger partial charge < -0.3 is 10.2 Å². The summed E-state index contributed by atoms with van der Waals surface area (Å²) < 4.78 is 26.8. The minimum Gasteiger partial charge on any atom is -0.357 e. The number of benzene rings is 1. The number of nitrogens with one attached hydrogen (secondary N) is 1. The molecule has 0 aliphatic carbocycles. The molecule has 1 aromatic carbocycles. The van der Waals surface area contributed by atoms with Crippen LogP contribution in [0.4, 0.5) is 14.6 Å². The van der Waals surface area contributed by atoms with Crippen LogP contribution >= 0.6 is 0 Å². The van der Waals surface area contributed by atoms with Gasteiger partial charge in [-0.2, -0.15) is 5.26 Å². The zero-order valence-electron chi connectivity index (χ0n) is 13.2. The Kier molecular flexibility index (Phi) is 5.02. The molecule has 1 aliphatic heterocycles. The van der Waals surface area contributed by atoms with Crippen molar-refractivity contribution in [1.29, 1.82) is 5.26 Å². The number of hydrogen-bond acceptors (Lipinski definition) is 4. The van der Waals surface area contributed by atoms with Crippen molar-refractivity contribution in [2.24, 2.45) is 0 Å². The third-order valence-electron chi connectivity index (χ3n) is 4.31. The minimum atomic E-state index is -0.809. The normalized spacial score (nSPS) is 15.3. The molecular formula is C18H18F2N4. The summed E-state index contributed by atoms with van der Waals surface area (Å²) >= 11 is 0. The van der Waals surface area contributed by atoms with Crippen molar-refractivity contribution in [3.05, 3.63) is 59.3 Å². The molecule has 0 unspecified atom stereocenters.